The Morgan fingerprint density at radius 2 is 2.45 bits per heavy atom. The first kappa shape index (κ1) is 15.1. The van der Waals surface area contributed by atoms with E-state index in [9.17, 15) is 4.79 Å². The number of aryl methyl sites for hydroxylation is 1. The average molecular weight is 318 g/mol. The van der Waals surface area contributed by atoms with E-state index >= 15 is 0 Å². The molecule has 2 aromatic rings. The summed E-state index contributed by atoms with van der Waals surface area (Å²) in [5, 5.41) is 9.35. The Labute approximate surface area is 134 Å². The summed E-state index contributed by atoms with van der Waals surface area (Å²) in [5.74, 6) is 0. The number of rotatable bonds is 5. The molecule has 5 nitrogen and oxygen atoms in total. The molecule has 2 amide bonds. The highest BCUT2D eigenvalue weighted by molar-refractivity contribution is 7.10. The van der Waals surface area contributed by atoms with Crippen LogP contribution in [0.1, 0.15) is 36.2 Å². The molecule has 0 aliphatic carbocycles. The lowest BCUT2D eigenvalue weighted by Crippen LogP contribution is -2.45. The first-order chi connectivity index (χ1) is 10.8. The minimum absolute atomic E-state index is 0.0594. The van der Waals surface area contributed by atoms with Gasteiger partial charge in [-0.25, -0.2) is 4.79 Å². The van der Waals surface area contributed by atoms with E-state index in [1.165, 1.54) is 10.4 Å². The van der Waals surface area contributed by atoms with Crippen LogP contribution >= 0.6 is 11.3 Å². The van der Waals surface area contributed by atoms with Crippen molar-refractivity contribution in [3.63, 3.8) is 0 Å². The number of carbonyl (C=O) groups is 1. The molecule has 6 heteroatoms. The molecule has 1 aliphatic rings. The third-order valence-electron chi connectivity index (χ3n) is 4.14. The van der Waals surface area contributed by atoms with E-state index in [2.05, 4.69) is 28.8 Å². The van der Waals surface area contributed by atoms with Gasteiger partial charge in [-0.2, -0.15) is 5.10 Å². The Hall–Kier alpha value is -1.82. The number of hydrogen-bond acceptors (Lipinski definition) is 3. The molecule has 22 heavy (non-hydrogen) atoms. The number of aromatic nitrogens is 2. The van der Waals surface area contributed by atoms with Gasteiger partial charge in [-0.05, 0) is 42.3 Å². The normalized spacial score (nSPS) is 17.3. The molecule has 1 atom stereocenters. The largest absolute Gasteiger partial charge is 0.338 e. The maximum Gasteiger partial charge on any atom is 0.317 e. The van der Waals surface area contributed by atoms with Gasteiger partial charge in [-0.1, -0.05) is 6.92 Å². The average Bonchev–Trinajstić information content (AvgIpc) is 3.21. The van der Waals surface area contributed by atoms with Crippen molar-refractivity contribution < 1.29 is 4.79 Å². The third kappa shape index (κ3) is 3.16. The smallest absolute Gasteiger partial charge is 0.317 e. The van der Waals surface area contributed by atoms with Gasteiger partial charge in [-0.15, -0.1) is 11.3 Å². The van der Waals surface area contributed by atoms with Crippen LogP contribution in [-0.4, -0.2) is 33.8 Å². The van der Waals surface area contributed by atoms with Gasteiger partial charge in [0, 0.05) is 36.9 Å². The van der Waals surface area contributed by atoms with E-state index in [1.807, 2.05) is 33.2 Å². The van der Waals surface area contributed by atoms with E-state index in [1.54, 1.807) is 6.20 Å². The Morgan fingerprint density at radius 1 is 1.55 bits per heavy atom. The topological polar surface area (TPSA) is 50.2 Å². The maximum atomic E-state index is 12.5. The fraction of sp³-hybridized carbons (Fsp3) is 0.500. The number of fused-ring (bicyclic) bond motifs is 1. The highest BCUT2D eigenvalue weighted by Crippen LogP contribution is 2.34. The van der Waals surface area contributed by atoms with Crippen molar-refractivity contribution in [2.75, 3.05) is 13.1 Å². The second-order valence-electron chi connectivity index (χ2n) is 5.52. The van der Waals surface area contributed by atoms with Gasteiger partial charge >= 0.3 is 6.03 Å². The molecule has 3 rings (SSSR count). The van der Waals surface area contributed by atoms with Gasteiger partial charge in [0.2, 0.25) is 0 Å². The van der Waals surface area contributed by atoms with Crippen molar-refractivity contribution >= 4 is 17.4 Å². The van der Waals surface area contributed by atoms with E-state index < -0.39 is 0 Å². The highest BCUT2D eigenvalue weighted by atomic mass is 32.1. The van der Waals surface area contributed by atoms with Gasteiger partial charge in [0.25, 0.3) is 0 Å². The number of carbonyl (C=O) groups excluding carboxylic acids is 1. The molecule has 0 bridgehead atoms. The minimum Gasteiger partial charge on any atom is -0.338 e. The monoisotopic (exact) mass is 318 g/mol. The van der Waals surface area contributed by atoms with Crippen LogP contribution in [0, 0.1) is 0 Å². The zero-order chi connectivity index (χ0) is 15.4. The number of nitrogens with zero attached hydrogens (tertiary/aromatic N) is 3. The molecule has 118 valence electrons. The summed E-state index contributed by atoms with van der Waals surface area (Å²) in [6.07, 6.45) is 6.55. The van der Waals surface area contributed by atoms with E-state index in [0.29, 0.717) is 6.54 Å². The van der Waals surface area contributed by atoms with Gasteiger partial charge < -0.3 is 10.2 Å². The van der Waals surface area contributed by atoms with E-state index in [4.69, 9.17) is 0 Å². The standard InChI is InChI=1S/C16H22N4OS/c1-2-14-13-6-12-22-15(13)5-11-20(14)16(21)17-7-3-9-19-10-4-8-18-19/h4,6,8,10,12,14H,2-3,5,7,9,11H2,1H3,(H,17,21)/t14-/m0/s1. The summed E-state index contributed by atoms with van der Waals surface area (Å²) >= 11 is 1.81. The summed E-state index contributed by atoms with van der Waals surface area (Å²) in [5.41, 5.74) is 1.34. The predicted octanol–water partition coefficient (Wildman–Crippen LogP) is 3.05. The van der Waals surface area contributed by atoms with Gasteiger partial charge in [0.1, 0.15) is 0 Å². The van der Waals surface area contributed by atoms with Crippen LogP contribution in [0.5, 0.6) is 0 Å². The molecule has 1 N–H and O–H groups in total. The Kier molecular flexibility index (Phi) is 4.77. The molecular formula is C16H22N4OS. The number of urea groups is 1. The number of amides is 2. The SMILES string of the molecule is CC[C@H]1c2ccsc2CCN1C(=O)NCCCn1cccn1. The molecular weight excluding hydrogens is 296 g/mol. The van der Waals surface area contributed by atoms with Crippen molar-refractivity contribution in [3.8, 4) is 0 Å². The first-order valence-corrected chi connectivity index (χ1v) is 8.75. The summed E-state index contributed by atoms with van der Waals surface area (Å²) in [4.78, 5) is 15.9. The van der Waals surface area contributed by atoms with Crippen LogP contribution in [0.25, 0.3) is 0 Å². The third-order valence-corrected chi connectivity index (χ3v) is 5.14. The summed E-state index contributed by atoms with van der Waals surface area (Å²) < 4.78 is 1.89. The lowest BCUT2D eigenvalue weighted by Gasteiger charge is -2.35. The van der Waals surface area contributed by atoms with Crippen molar-refractivity contribution in [2.24, 2.45) is 0 Å². The van der Waals surface area contributed by atoms with Crippen LogP contribution in [-0.2, 0) is 13.0 Å². The molecule has 0 saturated heterocycles. The minimum atomic E-state index is 0.0594. The Bertz CT molecular complexity index is 607. The van der Waals surface area contributed by atoms with Gasteiger partial charge in [0.15, 0.2) is 0 Å². The molecule has 0 fully saturated rings. The molecule has 0 spiro atoms. The fourth-order valence-corrected chi connectivity index (χ4v) is 3.98. The second kappa shape index (κ2) is 6.96. The molecule has 0 aromatic carbocycles. The lowest BCUT2D eigenvalue weighted by atomic mass is 9.98. The second-order valence-corrected chi connectivity index (χ2v) is 6.52. The molecule has 1 aliphatic heterocycles. The first-order valence-electron chi connectivity index (χ1n) is 7.87. The lowest BCUT2D eigenvalue weighted by molar-refractivity contribution is 0.167. The maximum absolute atomic E-state index is 12.5. The van der Waals surface area contributed by atoms with Gasteiger partial charge in [-0.3, -0.25) is 4.68 Å². The fourth-order valence-electron chi connectivity index (χ4n) is 3.05. The zero-order valence-electron chi connectivity index (χ0n) is 12.9. The number of hydrogen-bond donors (Lipinski definition) is 1. The van der Waals surface area contributed by atoms with Crippen LogP contribution in [0.15, 0.2) is 29.9 Å². The highest BCUT2D eigenvalue weighted by Gasteiger charge is 2.29. The zero-order valence-corrected chi connectivity index (χ0v) is 13.7. The van der Waals surface area contributed by atoms with Crippen LogP contribution in [0.4, 0.5) is 4.79 Å². The van der Waals surface area contributed by atoms with Crippen molar-refractivity contribution in [1.82, 2.24) is 20.0 Å². The van der Waals surface area contributed by atoms with Crippen LogP contribution in [0.3, 0.4) is 0 Å². The quantitative estimate of drug-likeness (QED) is 0.862. The molecule has 2 aromatic heterocycles. The van der Waals surface area contributed by atoms with E-state index in [-0.39, 0.29) is 12.1 Å². The van der Waals surface area contributed by atoms with Gasteiger partial charge in [0.05, 0.1) is 6.04 Å². The summed E-state index contributed by atoms with van der Waals surface area (Å²) in [7, 11) is 0. The summed E-state index contributed by atoms with van der Waals surface area (Å²) in [6.45, 7) is 4.48. The molecule has 3 heterocycles. The van der Waals surface area contributed by atoms with Crippen molar-refractivity contribution in [3.05, 3.63) is 40.3 Å². The summed E-state index contributed by atoms with van der Waals surface area (Å²) in [6, 6.07) is 4.37. The van der Waals surface area contributed by atoms with E-state index in [0.717, 1.165) is 32.4 Å². The molecule has 0 unspecified atom stereocenters. The molecule has 0 saturated carbocycles. The van der Waals surface area contributed by atoms with Crippen LogP contribution < -0.4 is 5.32 Å². The van der Waals surface area contributed by atoms with Crippen molar-refractivity contribution in [1.29, 1.82) is 0 Å². The van der Waals surface area contributed by atoms with Crippen LogP contribution in [0.2, 0.25) is 0 Å². The predicted molar refractivity (Wildman–Crippen MR) is 88.0 cm³/mol. The molecule has 0 radical (unpaired) electrons. The Balaban J connectivity index is 1.51. The number of nitrogens with one attached hydrogen (secondary N) is 1. The number of thiophene rings is 1. The Morgan fingerprint density at radius 3 is 3.23 bits per heavy atom. The van der Waals surface area contributed by atoms with Crippen molar-refractivity contribution in [2.45, 2.75) is 38.8 Å².